The van der Waals surface area contributed by atoms with E-state index in [2.05, 4.69) is 14.9 Å². The number of hydrogen-bond acceptors (Lipinski definition) is 6. The molecule has 0 aliphatic carbocycles. The van der Waals surface area contributed by atoms with Crippen LogP contribution in [0, 0.1) is 6.92 Å². The van der Waals surface area contributed by atoms with E-state index in [1.165, 1.54) is 0 Å². The summed E-state index contributed by atoms with van der Waals surface area (Å²) in [5.74, 6) is -0.0934. The van der Waals surface area contributed by atoms with Crippen LogP contribution in [0.25, 0.3) is 0 Å². The molecule has 0 unspecified atom stereocenters. The highest BCUT2D eigenvalue weighted by atomic mass is 32.2. The number of rotatable bonds is 10. The Hall–Kier alpha value is -1.52. The van der Waals surface area contributed by atoms with E-state index in [-0.39, 0.29) is 29.9 Å². The van der Waals surface area contributed by atoms with Gasteiger partial charge in [0.2, 0.25) is 15.9 Å². The summed E-state index contributed by atoms with van der Waals surface area (Å²) in [6.45, 7) is 3.07. The molecule has 1 aromatic rings. The van der Waals surface area contributed by atoms with Crippen LogP contribution in [0.4, 0.5) is 0 Å². The molecule has 0 bridgehead atoms. The third-order valence-electron chi connectivity index (χ3n) is 4.95. The van der Waals surface area contributed by atoms with E-state index in [0.29, 0.717) is 19.4 Å². The first-order chi connectivity index (χ1) is 13.7. The lowest BCUT2D eigenvalue weighted by atomic mass is 9.98. The number of sulfonamides is 1. The fraction of sp³-hybridized carbons (Fsp3) is 0.650. The molecule has 1 aliphatic rings. The number of amides is 1. The van der Waals surface area contributed by atoms with Crippen LogP contribution in [-0.4, -0.2) is 76.4 Å². The Bertz CT molecular complexity index is 752. The average Bonchev–Trinajstić information content (AvgIpc) is 2.66. The summed E-state index contributed by atoms with van der Waals surface area (Å²) in [5, 5.41) is 12.6. The lowest BCUT2D eigenvalue weighted by Gasteiger charge is -2.35. The number of carbonyl (C=O) groups is 1. The van der Waals surface area contributed by atoms with Crippen LogP contribution in [0.1, 0.15) is 31.2 Å². The number of aryl methyl sites for hydroxylation is 1. The zero-order valence-electron chi connectivity index (χ0n) is 17.4. The van der Waals surface area contributed by atoms with E-state index in [4.69, 9.17) is 4.74 Å². The van der Waals surface area contributed by atoms with Gasteiger partial charge in [0.05, 0.1) is 36.2 Å². The molecule has 0 saturated carbocycles. The molecular formula is C20H33N3O5S. The van der Waals surface area contributed by atoms with Crippen molar-refractivity contribution >= 4 is 15.9 Å². The Morgan fingerprint density at radius 1 is 1.24 bits per heavy atom. The van der Waals surface area contributed by atoms with E-state index in [0.717, 1.165) is 18.5 Å². The first-order valence-corrected chi connectivity index (χ1v) is 11.5. The van der Waals surface area contributed by atoms with Gasteiger partial charge in [0.1, 0.15) is 0 Å². The van der Waals surface area contributed by atoms with E-state index in [1.807, 2.05) is 21.0 Å². The van der Waals surface area contributed by atoms with Gasteiger partial charge in [-0.2, -0.15) is 0 Å². The number of ether oxygens (including phenoxy) is 1. The first-order valence-electron chi connectivity index (χ1n) is 9.98. The second-order valence-electron chi connectivity index (χ2n) is 7.81. The van der Waals surface area contributed by atoms with Crippen molar-refractivity contribution in [3.05, 3.63) is 29.8 Å². The van der Waals surface area contributed by atoms with Gasteiger partial charge in [0.25, 0.3) is 0 Å². The fourth-order valence-corrected chi connectivity index (χ4v) is 4.60. The largest absolute Gasteiger partial charge is 0.394 e. The van der Waals surface area contributed by atoms with Crippen LogP contribution in [0.15, 0.2) is 29.2 Å². The minimum Gasteiger partial charge on any atom is -0.394 e. The summed E-state index contributed by atoms with van der Waals surface area (Å²) in [5.41, 5.74) is 0.973. The normalized spacial score (nSPS) is 22.6. The molecule has 1 saturated heterocycles. The molecule has 1 aromatic carbocycles. The lowest BCUT2D eigenvalue weighted by Crippen LogP contribution is -2.51. The predicted molar refractivity (Wildman–Crippen MR) is 111 cm³/mol. The van der Waals surface area contributed by atoms with Crippen LogP contribution >= 0.6 is 0 Å². The molecule has 9 heteroatoms. The third-order valence-corrected chi connectivity index (χ3v) is 6.46. The smallest absolute Gasteiger partial charge is 0.240 e. The van der Waals surface area contributed by atoms with Gasteiger partial charge in [-0.1, -0.05) is 17.7 Å². The highest BCUT2D eigenvalue weighted by Gasteiger charge is 2.34. The molecule has 1 fully saturated rings. The van der Waals surface area contributed by atoms with Gasteiger partial charge in [-0.3, -0.25) is 4.79 Å². The van der Waals surface area contributed by atoms with Crippen molar-refractivity contribution in [3.8, 4) is 0 Å². The Labute approximate surface area is 173 Å². The average molecular weight is 428 g/mol. The second kappa shape index (κ2) is 11.0. The Morgan fingerprint density at radius 2 is 1.93 bits per heavy atom. The van der Waals surface area contributed by atoms with Gasteiger partial charge in [0, 0.05) is 6.54 Å². The minimum absolute atomic E-state index is 0.0934. The maximum Gasteiger partial charge on any atom is 0.240 e. The van der Waals surface area contributed by atoms with Crippen molar-refractivity contribution in [2.24, 2.45) is 0 Å². The van der Waals surface area contributed by atoms with E-state index < -0.39 is 22.2 Å². The van der Waals surface area contributed by atoms with Crippen LogP contribution < -0.4 is 10.0 Å². The van der Waals surface area contributed by atoms with Gasteiger partial charge in [-0.25, -0.2) is 13.1 Å². The number of nitrogens with zero attached hydrogens (tertiary/aromatic N) is 1. The maximum atomic E-state index is 12.6. The summed E-state index contributed by atoms with van der Waals surface area (Å²) in [4.78, 5) is 14.3. The zero-order chi connectivity index (χ0) is 21.4. The second-order valence-corrected chi connectivity index (χ2v) is 9.52. The Kier molecular flexibility index (Phi) is 9.04. The molecule has 2 rings (SSSR count). The van der Waals surface area contributed by atoms with Gasteiger partial charge >= 0.3 is 0 Å². The molecule has 0 radical (unpaired) electrons. The van der Waals surface area contributed by atoms with Gasteiger partial charge in [-0.05, 0) is 59.0 Å². The molecule has 1 amide bonds. The number of hydrogen-bond donors (Lipinski definition) is 3. The number of aliphatic hydroxyl groups is 1. The predicted octanol–water partition coefficient (Wildman–Crippen LogP) is 0.640. The molecule has 1 aliphatic heterocycles. The number of benzene rings is 1. The molecule has 164 valence electrons. The van der Waals surface area contributed by atoms with Crippen LogP contribution in [0.5, 0.6) is 0 Å². The van der Waals surface area contributed by atoms with Crippen LogP contribution in [0.2, 0.25) is 0 Å². The van der Waals surface area contributed by atoms with Crippen LogP contribution in [-0.2, 0) is 19.6 Å². The summed E-state index contributed by atoms with van der Waals surface area (Å²) < 4.78 is 33.7. The van der Waals surface area contributed by atoms with Crippen molar-refractivity contribution in [1.82, 2.24) is 14.9 Å². The van der Waals surface area contributed by atoms with Crippen molar-refractivity contribution in [3.63, 3.8) is 0 Å². The summed E-state index contributed by atoms with van der Waals surface area (Å²) in [6.07, 6.45) is 1.09. The van der Waals surface area contributed by atoms with Gasteiger partial charge in [-0.15, -0.1) is 0 Å². The van der Waals surface area contributed by atoms with Gasteiger partial charge in [0.15, 0.2) is 0 Å². The Morgan fingerprint density at radius 3 is 2.55 bits per heavy atom. The van der Waals surface area contributed by atoms with E-state index >= 15 is 0 Å². The number of carbonyl (C=O) groups excluding carboxylic acids is 1. The van der Waals surface area contributed by atoms with Crippen molar-refractivity contribution in [2.45, 2.75) is 55.8 Å². The molecule has 29 heavy (non-hydrogen) atoms. The van der Waals surface area contributed by atoms with E-state index in [9.17, 15) is 18.3 Å². The molecular weight excluding hydrogens is 394 g/mol. The molecule has 8 nitrogen and oxygen atoms in total. The topological polar surface area (TPSA) is 108 Å². The highest BCUT2D eigenvalue weighted by Crippen LogP contribution is 2.23. The van der Waals surface area contributed by atoms with Gasteiger partial charge < -0.3 is 20.1 Å². The first kappa shape index (κ1) is 23.8. The molecule has 0 aromatic heterocycles. The van der Waals surface area contributed by atoms with Crippen molar-refractivity contribution in [2.75, 3.05) is 33.8 Å². The van der Waals surface area contributed by atoms with Crippen molar-refractivity contribution < 1.29 is 23.1 Å². The SMILES string of the molecule is Cc1ccc(S(=O)(=O)N[C@H]2CC[C@H](CC(=O)NCCCN(C)C)O[C@@H]2CO)cc1. The summed E-state index contributed by atoms with van der Waals surface area (Å²) in [6, 6.07) is 6.05. The zero-order valence-corrected chi connectivity index (χ0v) is 18.2. The third kappa shape index (κ3) is 7.67. The molecule has 0 spiro atoms. The number of nitrogens with one attached hydrogen (secondary N) is 2. The monoisotopic (exact) mass is 427 g/mol. The van der Waals surface area contributed by atoms with Crippen LogP contribution in [0.3, 0.4) is 0 Å². The summed E-state index contributed by atoms with van der Waals surface area (Å²) in [7, 11) is 0.258. The quantitative estimate of drug-likeness (QED) is 0.473. The Balaban J connectivity index is 1.85. The lowest BCUT2D eigenvalue weighted by molar-refractivity contribution is -0.130. The number of aliphatic hydroxyl groups excluding tert-OH is 1. The fourth-order valence-electron chi connectivity index (χ4n) is 3.30. The molecule has 3 atom stereocenters. The summed E-state index contributed by atoms with van der Waals surface area (Å²) >= 11 is 0. The minimum atomic E-state index is -3.71. The van der Waals surface area contributed by atoms with Crippen molar-refractivity contribution in [1.29, 1.82) is 0 Å². The van der Waals surface area contributed by atoms with E-state index in [1.54, 1.807) is 24.3 Å². The molecule has 1 heterocycles. The standard InChI is InChI=1S/C20H33N3O5S/c1-15-5-8-17(9-6-15)29(26,27)22-18-10-7-16(28-19(18)14-24)13-20(25)21-11-4-12-23(2)3/h5-6,8-9,16,18-19,22,24H,4,7,10-14H2,1-3H3,(H,21,25)/t16-,18+,19-/m1/s1. The maximum absolute atomic E-state index is 12.6. The highest BCUT2D eigenvalue weighted by molar-refractivity contribution is 7.89. The molecule has 3 N–H and O–H groups in total.